The molecule has 5 nitrogen and oxygen atoms in total. The number of nitrogens with one attached hydrogen (secondary N) is 1. The van der Waals surface area contributed by atoms with E-state index in [1.165, 1.54) is 38.5 Å². The highest BCUT2D eigenvalue weighted by molar-refractivity contribution is 5.80. The number of hydrogen-bond acceptors (Lipinski definition) is 3. The maximum atomic E-state index is 5.70. The van der Waals surface area contributed by atoms with Gasteiger partial charge < -0.3 is 15.0 Å². The van der Waals surface area contributed by atoms with Crippen LogP contribution in [0.4, 0.5) is 0 Å². The minimum Gasteiger partial charge on any atom is -0.477 e. The van der Waals surface area contributed by atoms with Crippen LogP contribution in [0.2, 0.25) is 0 Å². The molecule has 0 aromatic carbocycles. The zero-order chi connectivity index (χ0) is 17.1. The molecular formula is C20H30N4O. The molecule has 1 N–H and O–H groups in total. The lowest BCUT2D eigenvalue weighted by molar-refractivity contribution is 0.288. The number of aliphatic imine (C=N–C) groups is 1. The van der Waals surface area contributed by atoms with E-state index in [1.807, 2.05) is 19.3 Å². The molecule has 3 fully saturated rings. The number of hydrogen-bond donors (Lipinski definition) is 1. The van der Waals surface area contributed by atoms with Crippen molar-refractivity contribution in [2.24, 2.45) is 22.7 Å². The number of rotatable bonds is 5. The van der Waals surface area contributed by atoms with Gasteiger partial charge >= 0.3 is 0 Å². The Bertz CT molecular complexity index is 582. The van der Waals surface area contributed by atoms with Gasteiger partial charge in [0, 0.05) is 38.9 Å². The van der Waals surface area contributed by atoms with Crippen molar-refractivity contribution in [3.63, 3.8) is 0 Å². The highest BCUT2D eigenvalue weighted by Crippen LogP contribution is 2.36. The molecule has 5 heteroatoms. The first kappa shape index (κ1) is 16.7. The Morgan fingerprint density at radius 3 is 2.56 bits per heavy atom. The molecule has 2 heterocycles. The number of nitrogens with zero attached hydrogens (tertiary/aromatic N) is 3. The van der Waals surface area contributed by atoms with Gasteiger partial charge in [-0.15, -0.1) is 0 Å². The normalized spacial score (nSPS) is 26.4. The molecule has 2 aliphatic carbocycles. The minimum atomic E-state index is 0.739. The summed E-state index contributed by atoms with van der Waals surface area (Å²) in [7, 11) is 1.89. The van der Waals surface area contributed by atoms with E-state index >= 15 is 0 Å². The van der Waals surface area contributed by atoms with Gasteiger partial charge in [-0.05, 0) is 49.0 Å². The zero-order valence-electron chi connectivity index (χ0n) is 15.3. The van der Waals surface area contributed by atoms with Crippen LogP contribution in [-0.4, -0.2) is 42.6 Å². The number of pyridine rings is 1. The third-order valence-electron chi connectivity index (χ3n) is 5.90. The Kier molecular flexibility index (Phi) is 5.09. The monoisotopic (exact) mass is 342 g/mol. The van der Waals surface area contributed by atoms with Crippen LogP contribution in [0.5, 0.6) is 5.88 Å². The van der Waals surface area contributed by atoms with E-state index in [-0.39, 0.29) is 0 Å². The second-order valence-corrected chi connectivity index (χ2v) is 7.87. The van der Waals surface area contributed by atoms with Crippen LogP contribution >= 0.6 is 0 Å². The smallest absolute Gasteiger partial charge is 0.213 e. The number of aromatic nitrogens is 1. The molecular weight excluding hydrogens is 312 g/mol. The van der Waals surface area contributed by atoms with Gasteiger partial charge in [0.25, 0.3) is 0 Å². The molecule has 3 aliphatic rings. The van der Waals surface area contributed by atoms with Crippen molar-refractivity contribution < 1.29 is 4.74 Å². The van der Waals surface area contributed by atoms with E-state index in [4.69, 9.17) is 4.74 Å². The SMILES string of the molecule is CN=C(NCc1ccc(OCC2CC2)nc1)N1CC2CCCCC2C1. The fourth-order valence-corrected chi connectivity index (χ4v) is 4.18. The molecule has 136 valence electrons. The summed E-state index contributed by atoms with van der Waals surface area (Å²) in [5.41, 5.74) is 1.16. The summed E-state index contributed by atoms with van der Waals surface area (Å²) in [4.78, 5) is 11.4. The maximum Gasteiger partial charge on any atom is 0.213 e. The second-order valence-electron chi connectivity index (χ2n) is 7.87. The lowest BCUT2D eigenvalue weighted by atomic mass is 9.82. The molecule has 0 radical (unpaired) electrons. The van der Waals surface area contributed by atoms with Crippen LogP contribution < -0.4 is 10.1 Å². The molecule has 1 aliphatic heterocycles. The number of fused-ring (bicyclic) bond motifs is 1. The van der Waals surface area contributed by atoms with Crippen LogP contribution in [0.15, 0.2) is 23.3 Å². The third-order valence-corrected chi connectivity index (χ3v) is 5.90. The molecule has 2 saturated carbocycles. The molecule has 1 aromatic heterocycles. The molecule has 0 bridgehead atoms. The molecule has 0 amide bonds. The van der Waals surface area contributed by atoms with Crippen molar-refractivity contribution in [3.8, 4) is 5.88 Å². The number of likely N-dealkylation sites (tertiary alicyclic amines) is 1. The Balaban J connectivity index is 1.27. The van der Waals surface area contributed by atoms with E-state index < -0.39 is 0 Å². The lowest BCUT2D eigenvalue weighted by Crippen LogP contribution is -2.39. The Hall–Kier alpha value is -1.78. The maximum absolute atomic E-state index is 5.70. The molecule has 4 rings (SSSR count). The first-order chi connectivity index (χ1) is 12.3. The standard InChI is InChI=1S/C20H30N4O/c1-21-20(24-12-17-4-2-3-5-18(17)13-24)23-11-16-8-9-19(22-10-16)25-14-15-6-7-15/h8-10,15,17-18H,2-7,11-14H2,1H3,(H,21,23). The summed E-state index contributed by atoms with van der Waals surface area (Å²) in [6.07, 6.45) is 10.1. The summed E-state index contributed by atoms with van der Waals surface area (Å²) in [6, 6.07) is 4.08. The van der Waals surface area contributed by atoms with E-state index in [1.54, 1.807) is 0 Å². The highest BCUT2D eigenvalue weighted by atomic mass is 16.5. The van der Waals surface area contributed by atoms with Crippen LogP contribution in [0.3, 0.4) is 0 Å². The average molecular weight is 342 g/mol. The molecule has 1 saturated heterocycles. The Labute approximate surface area is 150 Å². The van der Waals surface area contributed by atoms with Crippen molar-refractivity contribution in [2.45, 2.75) is 45.1 Å². The van der Waals surface area contributed by atoms with Gasteiger partial charge in [-0.3, -0.25) is 4.99 Å². The fraction of sp³-hybridized carbons (Fsp3) is 0.700. The molecule has 1 aromatic rings. The Morgan fingerprint density at radius 2 is 1.96 bits per heavy atom. The topological polar surface area (TPSA) is 49.8 Å². The van der Waals surface area contributed by atoms with Crippen molar-refractivity contribution in [1.29, 1.82) is 0 Å². The van der Waals surface area contributed by atoms with E-state index in [9.17, 15) is 0 Å². The van der Waals surface area contributed by atoms with Gasteiger partial charge in [-0.2, -0.15) is 0 Å². The highest BCUT2D eigenvalue weighted by Gasteiger charge is 2.35. The van der Waals surface area contributed by atoms with Crippen molar-refractivity contribution in [2.75, 3.05) is 26.7 Å². The van der Waals surface area contributed by atoms with Crippen molar-refractivity contribution in [1.82, 2.24) is 15.2 Å². The Morgan fingerprint density at radius 1 is 1.20 bits per heavy atom. The van der Waals surface area contributed by atoms with Crippen molar-refractivity contribution >= 4 is 5.96 Å². The fourth-order valence-electron chi connectivity index (χ4n) is 4.18. The largest absolute Gasteiger partial charge is 0.477 e. The van der Waals surface area contributed by atoms with Gasteiger partial charge in [0.1, 0.15) is 0 Å². The minimum absolute atomic E-state index is 0.739. The molecule has 2 atom stereocenters. The van der Waals surface area contributed by atoms with E-state index in [0.717, 1.165) is 61.4 Å². The molecule has 25 heavy (non-hydrogen) atoms. The molecule has 0 spiro atoms. The first-order valence-corrected chi connectivity index (χ1v) is 9.85. The summed E-state index contributed by atoms with van der Waals surface area (Å²) in [5.74, 6) is 4.27. The van der Waals surface area contributed by atoms with Gasteiger partial charge in [0.15, 0.2) is 5.96 Å². The first-order valence-electron chi connectivity index (χ1n) is 9.85. The quantitative estimate of drug-likeness (QED) is 0.660. The third kappa shape index (κ3) is 4.25. The number of ether oxygens (including phenoxy) is 1. The van der Waals surface area contributed by atoms with Crippen molar-refractivity contribution in [3.05, 3.63) is 23.9 Å². The van der Waals surface area contributed by atoms with Crippen LogP contribution in [0.1, 0.15) is 44.1 Å². The summed E-state index contributed by atoms with van der Waals surface area (Å²) >= 11 is 0. The number of guanidine groups is 1. The van der Waals surface area contributed by atoms with Crippen LogP contribution in [0.25, 0.3) is 0 Å². The summed E-state index contributed by atoms with van der Waals surface area (Å²) < 4.78 is 5.70. The van der Waals surface area contributed by atoms with Crippen LogP contribution in [0, 0.1) is 17.8 Å². The lowest BCUT2D eigenvalue weighted by Gasteiger charge is -2.22. The summed E-state index contributed by atoms with van der Waals surface area (Å²) in [6.45, 7) is 3.90. The van der Waals surface area contributed by atoms with E-state index in [2.05, 4.69) is 26.3 Å². The second kappa shape index (κ2) is 7.63. The summed E-state index contributed by atoms with van der Waals surface area (Å²) in [5, 5.41) is 3.51. The molecule has 2 unspecified atom stereocenters. The van der Waals surface area contributed by atoms with Crippen LogP contribution in [-0.2, 0) is 6.54 Å². The zero-order valence-corrected chi connectivity index (χ0v) is 15.3. The van der Waals surface area contributed by atoms with Gasteiger partial charge in [-0.25, -0.2) is 4.98 Å². The van der Waals surface area contributed by atoms with Gasteiger partial charge in [0.2, 0.25) is 5.88 Å². The predicted octanol–water partition coefficient (Wildman–Crippen LogP) is 3.07. The average Bonchev–Trinajstić information content (AvgIpc) is 3.38. The van der Waals surface area contributed by atoms with Gasteiger partial charge in [0.05, 0.1) is 6.61 Å². The predicted molar refractivity (Wildman–Crippen MR) is 99.7 cm³/mol. The van der Waals surface area contributed by atoms with Gasteiger partial charge in [-0.1, -0.05) is 18.9 Å². The van der Waals surface area contributed by atoms with E-state index in [0.29, 0.717) is 0 Å².